The van der Waals surface area contributed by atoms with E-state index in [0.29, 0.717) is 18.8 Å². The highest BCUT2D eigenvalue weighted by Gasteiger charge is 2.24. The van der Waals surface area contributed by atoms with Gasteiger partial charge in [-0.15, -0.1) is 0 Å². The number of halogens is 1. The van der Waals surface area contributed by atoms with E-state index in [-0.39, 0.29) is 16.7 Å². The molecule has 0 aromatic rings. The standard InChI is InChI=1S/C12H22BrNO3/c1-7(2)5-9(13)11(15)14-10(12(16)17)6-8(3)4/h7-10H,5-6H2,1-4H3,(H,14,15)(H,16,17)/t9-,10-/m0/s1. The summed E-state index contributed by atoms with van der Waals surface area (Å²) in [6.07, 6.45) is 1.14. The summed E-state index contributed by atoms with van der Waals surface area (Å²) >= 11 is 3.28. The minimum atomic E-state index is -0.976. The summed E-state index contributed by atoms with van der Waals surface area (Å²) in [5.41, 5.74) is 0. The number of hydrogen-bond acceptors (Lipinski definition) is 2. The van der Waals surface area contributed by atoms with Crippen molar-refractivity contribution >= 4 is 27.8 Å². The molecule has 0 saturated carbocycles. The van der Waals surface area contributed by atoms with Crippen LogP contribution in [0.3, 0.4) is 0 Å². The maximum atomic E-state index is 11.8. The van der Waals surface area contributed by atoms with Gasteiger partial charge in [0, 0.05) is 0 Å². The molecule has 0 saturated heterocycles. The molecule has 0 spiro atoms. The summed E-state index contributed by atoms with van der Waals surface area (Å²) in [5.74, 6) is -0.600. The number of hydrogen-bond donors (Lipinski definition) is 2. The van der Waals surface area contributed by atoms with E-state index in [4.69, 9.17) is 5.11 Å². The number of carbonyl (C=O) groups is 2. The molecule has 0 aliphatic heterocycles. The van der Waals surface area contributed by atoms with E-state index in [9.17, 15) is 9.59 Å². The van der Waals surface area contributed by atoms with Crippen LogP contribution in [-0.2, 0) is 9.59 Å². The van der Waals surface area contributed by atoms with E-state index in [1.165, 1.54) is 0 Å². The molecule has 0 aromatic carbocycles. The Bertz CT molecular complexity index is 266. The fraction of sp³-hybridized carbons (Fsp3) is 0.833. The first kappa shape index (κ1) is 16.4. The topological polar surface area (TPSA) is 66.4 Å². The Balaban J connectivity index is 4.35. The van der Waals surface area contributed by atoms with Crippen molar-refractivity contribution in [2.75, 3.05) is 0 Å². The van der Waals surface area contributed by atoms with Crippen molar-refractivity contribution in [3.63, 3.8) is 0 Å². The van der Waals surface area contributed by atoms with Crippen LogP contribution >= 0.6 is 15.9 Å². The van der Waals surface area contributed by atoms with Gasteiger partial charge >= 0.3 is 5.97 Å². The van der Waals surface area contributed by atoms with Crippen LogP contribution in [0.2, 0.25) is 0 Å². The maximum Gasteiger partial charge on any atom is 0.326 e. The first-order chi connectivity index (χ1) is 7.73. The highest BCUT2D eigenvalue weighted by Crippen LogP contribution is 2.14. The molecule has 2 atom stereocenters. The van der Waals surface area contributed by atoms with Crippen molar-refractivity contribution < 1.29 is 14.7 Å². The lowest BCUT2D eigenvalue weighted by Crippen LogP contribution is -2.44. The monoisotopic (exact) mass is 307 g/mol. The summed E-state index contributed by atoms with van der Waals surface area (Å²) < 4.78 is 0. The molecular formula is C12H22BrNO3. The lowest BCUT2D eigenvalue weighted by Gasteiger charge is -2.19. The van der Waals surface area contributed by atoms with Gasteiger partial charge in [-0.1, -0.05) is 43.6 Å². The lowest BCUT2D eigenvalue weighted by molar-refractivity contribution is -0.142. The van der Waals surface area contributed by atoms with E-state index < -0.39 is 12.0 Å². The van der Waals surface area contributed by atoms with Crippen molar-refractivity contribution in [2.24, 2.45) is 11.8 Å². The molecule has 5 heteroatoms. The number of carboxylic acid groups (broad SMARTS) is 1. The van der Waals surface area contributed by atoms with Gasteiger partial charge in [0.25, 0.3) is 0 Å². The summed E-state index contributed by atoms with van der Waals surface area (Å²) in [5, 5.41) is 11.6. The SMILES string of the molecule is CC(C)C[C@H](NC(=O)[C@@H](Br)CC(C)C)C(=O)O. The maximum absolute atomic E-state index is 11.8. The van der Waals surface area contributed by atoms with Gasteiger partial charge in [-0.25, -0.2) is 4.79 Å². The molecule has 0 aromatic heterocycles. The fourth-order valence-electron chi connectivity index (χ4n) is 1.48. The van der Waals surface area contributed by atoms with Crippen LogP contribution in [-0.4, -0.2) is 27.9 Å². The number of aliphatic carboxylic acids is 1. The highest BCUT2D eigenvalue weighted by atomic mass is 79.9. The first-order valence-electron chi connectivity index (χ1n) is 5.91. The fourth-order valence-corrected chi connectivity index (χ4v) is 2.36. The quantitative estimate of drug-likeness (QED) is 0.710. The second-order valence-corrected chi connectivity index (χ2v) is 6.23. The molecule has 1 amide bonds. The van der Waals surface area contributed by atoms with Crippen molar-refractivity contribution in [3.05, 3.63) is 0 Å². The molecule has 0 aliphatic rings. The summed E-state index contributed by atoms with van der Waals surface area (Å²) in [7, 11) is 0. The molecule has 17 heavy (non-hydrogen) atoms. The number of amides is 1. The molecule has 0 rings (SSSR count). The van der Waals surface area contributed by atoms with Crippen LogP contribution in [0.5, 0.6) is 0 Å². The molecule has 0 bridgehead atoms. The number of nitrogens with one attached hydrogen (secondary N) is 1. The molecule has 100 valence electrons. The Labute approximate surface area is 111 Å². The lowest BCUT2D eigenvalue weighted by atomic mass is 10.0. The average molecular weight is 308 g/mol. The Morgan fingerprint density at radius 3 is 1.94 bits per heavy atom. The second kappa shape index (κ2) is 7.69. The van der Waals surface area contributed by atoms with Crippen LogP contribution < -0.4 is 5.32 Å². The number of rotatable bonds is 7. The third-order valence-electron chi connectivity index (χ3n) is 2.28. The van der Waals surface area contributed by atoms with Crippen LogP contribution in [0.4, 0.5) is 0 Å². The van der Waals surface area contributed by atoms with Gasteiger partial charge in [0.15, 0.2) is 0 Å². The Morgan fingerprint density at radius 1 is 1.12 bits per heavy atom. The van der Waals surface area contributed by atoms with Crippen LogP contribution in [0.1, 0.15) is 40.5 Å². The predicted octanol–water partition coefficient (Wildman–Crippen LogP) is 2.41. The van der Waals surface area contributed by atoms with E-state index in [1.54, 1.807) is 0 Å². The van der Waals surface area contributed by atoms with Crippen molar-refractivity contribution in [1.82, 2.24) is 5.32 Å². The Morgan fingerprint density at radius 2 is 1.59 bits per heavy atom. The average Bonchev–Trinajstić information content (AvgIpc) is 2.14. The van der Waals surface area contributed by atoms with Gasteiger partial charge in [-0.2, -0.15) is 0 Å². The van der Waals surface area contributed by atoms with Crippen LogP contribution in [0.15, 0.2) is 0 Å². The van der Waals surface area contributed by atoms with Gasteiger partial charge in [0.05, 0.1) is 4.83 Å². The largest absolute Gasteiger partial charge is 0.480 e. The van der Waals surface area contributed by atoms with E-state index >= 15 is 0 Å². The minimum Gasteiger partial charge on any atom is -0.480 e. The van der Waals surface area contributed by atoms with Gasteiger partial charge < -0.3 is 10.4 Å². The third kappa shape index (κ3) is 7.36. The zero-order valence-corrected chi connectivity index (χ0v) is 12.5. The highest BCUT2D eigenvalue weighted by molar-refractivity contribution is 9.10. The van der Waals surface area contributed by atoms with Gasteiger partial charge in [0.2, 0.25) is 5.91 Å². The predicted molar refractivity (Wildman–Crippen MR) is 71.2 cm³/mol. The molecule has 0 heterocycles. The van der Waals surface area contributed by atoms with Crippen molar-refractivity contribution in [3.8, 4) is 0 Å². The minimum absolute atomic E-state index is 0.232. The molecular weight excluding hydrogens is 286 g/mol. The first-order valence-corrected chi connectivity index (χ1v) is 6.82. The Kier molecular flexibility index (Phi) is 7.43. The van der Waals surface area contributed by atoms with Gasteiger partial charge in [-0.3, -0.25) is 4.79 Å². The third-order valence-corrected chi connectivity index (χ3v) is 3.07. The van der Waals surface area contributed by atoms with Crippen molar-refractivity contribution in [2.45, 2.75) is 51.4 Å². The van der Waals surface area contributed by atoms with Gasteiger partial charge in [-0.05, 0) is 24.7 Å². The molecule has 0 aliphatic carbocycles. The normalized spacial score (nSPS) is 14.8. The van der Waals surface area contributed by atoms with Crippen LogP contribution in [0.25, 0.3) is 0 Å². The van der Waals surface area contributed by atoms with E-state index in [1.807, 2.05) is 27.7 Å². The van der Waals surface area contributed by atoms with Gasteiger partial charge in [0.1, 0.15) is 6.04 Å². The summed E-state index contributed by atoms with van der Waals surface area (Å²) in [4.78, 5) is 22.4. The van der Waals surface area contributed by atoms with Crippen molar-refractivity contribution in [1.29, 1.82) is 0 Å². The van der Waals surface area contributed by atoms with E-state index in [2.05, 4.69) is 21.2 Å². The smallest absolute Gasteiger partial charge is 0.326 e. The molecule has 0 radical (unpaired) electrons. The van der Waals surface area contributed by atoms with Crippen LogP contribution in [0, 0.1) is 11.8 Å². The summed E-state index contributed by atoms with van der Waals surface area (Å²) in [6, 6.07) is -0.797. The molecule has 0 unspecified atom stereocenters. The zero-order chi connectivity index (χ0) is 13.6. The zero-order valence-electron chi connectivity index (χ0n) is 10.9. The molecule has 4 nitrogen and oxygen atoms in total. The number of alkyl halides is 1. The summed E-state index contributed by atoms with van der Waals surface area (Å²) in [6.45, 7) is 7.90. The molecule has 2 N–H and O–H groups in total. The Hall–Kier alpha value is -0.580. The number of carboxylic acids is 1. The van der Waals surface area contributed by atoms with E-state index in [0.717, 1.165) is 0 Å². The second-order valence-electron chi connectivity index (χ2n) is 5.13. The molecule has 0 fully saturated rings. The number of carbonyl (C=O) groups excluding carboxylic acids is 1.